The number of carbonyl (C=O) groups excluding carboxylic acids is 1. The number of hydrogen-bond donors (Lipinski definition) is 2. The first kappa shape index (κ1) is 15.2. The van der Waals surface area contributed by atoms with Gasteiger partial charge in [-0.15, -0.1) is 0 Å². The fourth-order valence-electron chi connectivity index (χ4n) is 1.96. The van der Waals surface area contributed by atoms with Crippen LogP contribution in [-0.2, 0) is 9.59 Å². The monoisotopic (exact) mass is 263 g/mol. The van der Waals surface area contributed by atoms with E-state index in [1.54, 1.807) is 0 Å². The van der Waals surface area contributed by atoms with Crippen LogP contribution in [0.25, 0.3) is 0 Å². The quantitative estimate of drug-likeness (QED) is 0.758. The fraction of sp³-hybridized carbons (Fsp3) is 0.467. The molecular formula is C15H21NO3. The van der Waals surface area contributed by atoms with Crippen LogP contribution in [0.4, 0.5) is 0 Å². The Kier molecular flexibility index (Phi) is 6.64. The van der Waals surface area contributed by atoms with Crippen molar-refractivity contribution < 1.29 is 14.7 Å². The SMILES string of the molecule is CCCC(NC(=O)CCCC(=O)O)c1ccccc1. The zero-order valence-corrected chi connectivity index (χ0v) is 11.3. The first-order chi connectivity index (χ1) is 9.13. The van der Waals surface area contributed by atoms with Crippen LogP contribution in [0.3, 0.4) is 0 Å². The second kappa shape index (κ2) is 8.29. The number of nitrogens with one attached hydrogen (secondary N) is 1. The number of hydrogen-bond acceptors (Lipinski definition) is 2. The van der Waals surface area contributed by atoms with Crippen LogP contribution in [0.1, 0.15) is 50.6 Å². The van der Waals surface area contributed by atoms with E-state index in [1.165, 1.54) is 0 Å². The highest BCUT2D eigenvalue weighted by Gasteiger charge is 2.13. The zero-order chi connectivity index (χ0) is 14.1. The van der Waals surface area contributed by atoms with Crippen LogP contribution in [0.5, 0.6) is 0 Å². The van der Waals surface area contributed by atoms with Gasteiger partial charge in [0, 0.05) is 12.8 Å². The third kappa shape index (κ3) is 6.04. The summed E-state index contributed by atoms with van der Waals surface area (Å²) < 4.78 is 0. The van der Waals surface area contributed by atoms with E-state index < -0.39 is 5.97 Å². The Morgan fingerprint density at radius 3 is 2.47 bits per heavy atom. The highest BCUT2D eigenvalue weighted by molar-refractivity contribution is 5.77. The molecule has 0 aromatic heterocycles. The van der Waals surface area contributed by atoms with Crippen molar-refractivity contribution in [3.8, 4) is 0 Å². The number of rotatable bonds is 8. The first-order valence-corrected chi connectivity index (χ1v) is 6.69. The summed E-state index contributed by atoms with van der Waals surface area (Å²) in [6.45, 7) is 2.08. The van der Waals surface area contributed by atoms with E-state index in [9.17, 15) is 9.59 Å². The molecule has 0 radical (unpaired) electrons. The lowest BCUT2D eigenvalue weighted by Gasteiger charge is -2.18. The van der Waals surface area contributed by atoms with Crippen LogP contribution in [0.15, 0.2) is 30.3 Å². The first-order valence-electron chi connectivity index (χ1n) is 6.69. The molecule has 0 aliphatic rings. The van der Waals surface area contributed by atoms with Crippen molar-refractivity contribution in [1.29, 1.82) is 0 Å². The molecule has 1 atom stereocenters. The molecule has 0 heterocycles. The summed E-state index contributed by atoms with van der Waals surface area (Å²) in [4.78, 5) is 22.2. The van der Waals surface area contributed by atoms with Gasteiger partial charge in [0.15, 0.2) is 0 Å². The van der Waals surface area contributed by atoms with Gasteiger partial charge in [0.05, 0.1) is 6.04 Å². The van der Waals surface area contributed by atoms with Crippen molar-refractivity contribution in [3.05, 3.63) is 35.9 Å². The van der Waals surface area contributed by atoms with E-state index in [2.05, 4.69) is 12.2 Å². The molecule has 1 aromatic carbocycles. The standard InChI is InChI=1S/C15H21NO3/c1-2-7-13(12-8-4-3-5-9-12)16-14(17)10-6-11-15(18)19/h3-5,8-9,13H,2,6-7,10-11H2,1H3,(H,16,17)(H,18,19). The van der Waals surface area contributed by atoms with Crippen LogP contribution in [-0.4, -0.2) is 17.0 Å². The predicted molar refractivity (Wildman–Crippen MR) is 73.7 cm³/mol. The molecule has 2 N–H and O–H groups in total. The molecule has 19 heavy (non-hydrogen) atoms. The third-order valence-electron chi connectivity index (χ3n) is 2.91. The summed E-state index contributed by atoms with van der Waals surface area (Å²) in [5.74, 6) is -0.940. The van der Waals surface area contributed by atoms with Crippen LogP contribution >= 0.6 is 0 Å². The number of aliphatic carboxylic acids is 1. The van der Waals surface area contributed by atoms with Gasteiger partial charge >= 0.3 is 5.97 Å². The van der Waals surface area contributed by atoms with Gasteiger partial charge in [-0.25, -0.2) is 0 Å². The molecule has 0 fully saturated rings. The van der Waals surface area contributed by atoms with Gasteiger partial charge < -0.3 is 10.4 Å². The number of carboxylic acids is 1. The van der Waals surface area contributed by atoms with Crippen molar-refractivity contribution in [2.75, 3.05) is 0 Å². The highest BCUT2D eigenvalue weighted by Crippen LogP contribution is 2.18. The predicted octanol–water partition coefficient (Wildman–Crippen LogP) is 2.90. The van der Waals surface area contributed by atoms with Crippen LogP contribution in [0.2, 0.25) is 0 Å². The number of carbonyl (C=O) groups is 2. The maximum Gasteiger partial charge on any atom is 0.303 e. The van der Waals surface area contributed by atoms with Gasteiger partial charge in [-0.3, -0.25) is 9.59 Å². The summed E-state index contributed by atoms with van der Waals surface area (Å²) in [6, 6.07) is 9.86. The average molecular weight is 263 g/mol. The second-order valence-corrected chi connectivity index (χ2v) is 4.57. The van der Waals surface area contributed by atoms with E-state index in [4.69, 9.17) is 5.11 Å². The van der Waals surface area contributed by atoms with E-state index in [1.807, 2.05) is 30.3 Å². The lowest BCUT2D eigenvalue weighted by molar-refractivity contribution is -0.137. The van der Waals surface area contributed by atoms with Crippen LogP contribution < -0.4 is 5.32 Å². The van der Waals surface area contributed by atoms with Gasteiger partial charge in [-0.2, -0.15) is 0 Å². The van der Waals surface area contributed by atoms with Crippen molar-refractivity contribution in [3.63, 3.8) is 0 Å². The Balaban J connectivity index is 2.49. The van der Waals surface area contributed by atoms with Crippen LogP contribution in [0, 0.1) is 0 Å². The van der Waals surface area contributed by atoms with Gasteiger partial charge in [0.25, 0.3) is 0 Å². The zero-order valence-electron chi connectivity index (χ0n) is 11.3. The lowest BCUT2D eigenvalue weighted by Crippen LogP contribution is -2.28. The van der Waals surface area contributed by atoms with Crippen molar-refractivity contribution in [2.45, 2.75) is 45.1 Å². The van der Waals surface area contributed by atoms with E-state index in [0.29, 0.717) is 6.42 Å². The largest absolute Gasteiger partial charge is 0.481 e. The molecule has 0 bridgehead atoms. The minimum atomic E-state index is -0.860. The minimum absolute atomic E-state index is 0.0172. The molecular weight excluding hydrogens is 242 g/mol. The molecule has 1 aromatic rings. The normalized spacial score (nSPS) is 11.8. The lowest BCUT2D eigenvalue weighted by atomic mass is 10.0. The molecule has 0 aliphatic heterocycles. The van der Waals surface area contributed by atoms with Crippen molar-refractivity contribution in [1.82, 2.24) is 5.32 Å². The Labute approximate surface area is 113 Å². The molecule has 4 nitrogen and oxygen atoms in total. The smallest absolute Gasteiger partial charge is 0.303 e. The van der Waals surface area contributed by atoms with Crippen molar-refractivity contribution >= 4 is 11.9 Å². The molecule has 0 aliphatic carbocycles. The summed E-state index contributed by atoms with van der Waals surface area (Å²) in [5.41, 5.74) is 1.09. The molecule has 104 valence electrons. The molecule has 0 saturated carbocycles. The Bertz CT molecular complexity index is 403. The Morgan fingerprint density at radius 2 is 1.89 bits per heavy atom. The maximum atomic E-state index is 11.8. The Hall–Kier alpha value is -1.84. The molecule has 1 unspecified atom stereocenters. The molecule has 1 rings (SSSR count). The Morgan fingerprint density at radius 1 is 1.21 bits per heavy atom. The molecule has 0 spiro atoms. The number of carboxylic acid groups (broad SMARTS) is 1. The van der Waals surface area contributed by atoms with Gasteiger partial charge in [-0.05, 0) is 18.4 Å². The number of benzene rings is 1. The van der Waals surface area contributed by atoms with E-state index >= 15 is 0 Å². The fourth-order valence-corrected chi connectivity index (χ4v) is 1.96. The molecule has 0 saturated heterocycles. The average Bonchev–Trinajstić information content (AvgIpc) is 2.39. The molecule has 1 amide bonds. The highest BCUT2D eigenvalue weighted by atomic mass is 16.4. The molecule has 4 heteroatoms. The summed E-state index contributed by atoms with van der Waals surface area (Å²) >= 11 is 0. The van der Waals surface area contributed by atoms with E-state index in [-0.39, 0.29) is 24.8 Å². The number of amides is 1. The topological polar surface area (TPSA) is 66.4 Å². The maximum absolute atomic E-state index is 11.8. The summed E-state index contributed by atoms with van der Waals surface area (Å²) in [5, 5.41) is 11.5. The minimum Gasteiger partial charge on any atom is -0.481 e. The summed E-state index contributed by atoms with van der Waals surface area (Å²) in [7, 11) is 0. The summed E-state index contributed by atoms with van der Waals surface area (Å²) in [6.07, 6.45) is 2.55. The van der Waals surface area contributed by atoms with Gasteiger partial charge in [-0.1, -0.05) is 43.7 Å². The third-order valence-corrected chi connectivity index (χ3v) is 2.91. The second-order valence-electron chi connectivity index (χ2n) is 4.57. The van der Waals surface area contributed by atoms with Gasteiger partial charge in [0.2, 0.25) is 5.91 Å². The van der Waals surface area contributed by atoms with Crippen molar-refractivity contribution in [2.24, 2.45) is 0 Å². The van der Waals surface area contributed by atoms with Gasteiger partial charge in [0.1, 0.15) is 0 Å². The van der Waals surface area contributed by atoms with E-state index in [0.717, 1.165) is 18.4 Å².